The van der Waals surface area contributed by atoms with Gasteiger partial charge in [0.15, 0.2) is 0 Å². The fourth-order valence-electron chi connectivity index (χ4n) is 1.65. The minimum Gasteiger partial charge on any atom is -0.481 e. The van der Waals surface area contributed by atoms with Crippen molar-refractivity contribution in [3.05, 3.63) is 12.7 Å². The van der Waals surface area contributed by atoms with Gasteiger partial charge in [-0.25, -0.2) is 0 Å². The highest BCUT2D eigenvalue weighted by Gasteiger charge is 2.19. The molecule has 2 unspecified atom stereocenters. The molecule has 0 aromatic heterocycles. The van der Waals surface area contributed by atoms with Gasteiger partial charge in [0.25, 0.3) is 0 Å². The largest absolute Gasteiger partial charge is 0.481 e. The van der Waals surface area contributed by atoms with Gasteiger partial charge in [0.05, 0.1) is 5.92 Å². The molecule has 2 atom stereocenters. The van der Waals surface area contributed by atoms with E-state index in [0.29, 0.717) is 18.5 Å². The van der Waals surface area contributed by atoms with Crippen molar-refractivity contribution in [1.29, 1.82) is 0 Å². The van der Waals surface area contributed by atoms with Crippen LogP contribution in [0.5, 0.6) is 0 Å². The predicted molar refractivity (Wildman–Crippen MR) is 67.5 cm³/mol. The highest BCUT2D eigenvalue weighted by Crippen LogP contribution is 2.11. The van der Waals surface area contributed by atoms with Crippen LogP contribution in [0.4, 0.5) is 0 Å². The summed E-state index contributed by atoms with van der Waals surface area (Å²) in [6.07, 6.45) is 4.60. The van der Waals surface area contributed by atoms with E-state index in [4.69, 9.17) is 5.11 Å². The van der Waals surface area contributed by atoms with Crippen molar-refractivity contribution in [2.45, 2.75) is 46.1 Å². The van der Waals surface area contributed by atoms with Crippen LogP contribution in [0.2, 0.25) is 0 Å². The number of hydrogen-bond donors (Lipinski definition) is 2. The SMILES string of the molecule is C=CCCC(C)NCC(CC(C)C)C(=O)O. The summed E-state index contributed by atoms with van der Waals surface area (Å²) in [5.41, 5.74) is 0. The molecular weight excluding hydrogens is 202 g/mol. The molecule has 0 aliphatic heterocycles. The summed E-state index contributed by atoms with van der Waals surface area (Å²) in [5, 5.41) is 12.3. The zero-order chi connectivity index (χ0) is 12.6. The summed E-state index contributed by atoms with van der Waals surface area (Å²) < 4.78 is 0. The average molecular weight is 227 g/mol. The van der Waals surface area contributed by atoms with Gasteiger partial charge in [-0.05, 0) is 32.1 Å². The molecule has 0 aromatic carbocycles. The Morgan fingerprint density at radius 3 is 2.50 bits per heavy atom. The first-order valence-electron chi connectivity index (χ1n) is 6.04. The third kappa shape index (κ3) is 7.46. The first-order valence-corrected chi connectivity index (χ1v) is 6.04. The van der Waals surface area contributed by atoms with E-state index in [0.717, 1.165) is 19.3 Å². The topological polar surface area (TPSA) is 49.3 Å². The number of carboxylic acid groups (broad SMARTS) is 1. The summed E-state index contributed by atoms with van der Waals surface area (Å²) >= 11 is 0. The minimum absolute atomic E-state index is 0.272. The maximum Gasteiger partial charge on any atom is 0.307 e. The monoisotopic (exact) mass is 227 g/mol. The molecule has 3 nitrogen and oxygen atoms in total. The zero-order valence-electron chi connectivity index (χ0n) is 10.7. The summed E-state index contributed by atoms with van der Waals surface area (Å²) in [4.78, 5) is 11.0. The second kappa shape index (κ2) is 8.34. The summed E-state index contributed by atoms with van der Waals surface area (Å²) in [5.74, 6) is -0.547. The molecule has 0 aliphatic rings. The van der Waals surface area contributed by atoms with Crippen molar-refractivity contribution >= 4 is 5.97 Å². The normalized spacial score (nSPS) is 14.8. The number of carbonyl (C=O) groups is 1. The van der Waals surface area contributed by atoms with Crippen molar-refractivity contribution in [1.82, 2.24) is 5.32 Å². The molecule has 0 aromatic rings. The van der Waals surface area contributed by atoms with Gasteiger partial charge in [-0.2, -0.15) is 0 Å². The molecule has 0 fully saturated rings. The van der Waals surface area contributed by atoms with Crippen LogP contribution in [0, 0.1) is 11.8 Å². The number of allylic oxidation sites excluding steroid dienone is 1. The van der Waals surface area contributed by atoms with Gasteiger partial charge in [-0.15, -0.1) is 6.58 Å². The van der Waals surface area contributed by atoms with Crippen LogP contribution >= 0.6 is 0 Å². The zero-order valence-corrected chi connectivity index (χ0v) is 10.7. The molecule has 0 heterocycles. The summed E-state index contributed by atoms with van der Waals surface area (Å²) in [6.45, 7) is 10.4. The van der Waals surface area contributed by atoms with Gasteiger partial charge in [0.1, 0.15) is 0 Å². The molecule has 94 valence electrons. The van der Waals surface area contributed by atoms with Gasteiger partial charge in [-0.1, -0.05) is 19.9 Å². The van der Waals surface area contributed by atoms with Gasteiger partial charge in [0, 0.05) is 12.6 Å². The highest BCUT2D eigenvalue weighted by atomic mass is 16.4. The lowest BCUT2D eigenvalue weighted by Crippen LogP contribution is -2.35. The Balaban J connectivity index is 3.91. The van der Waals surface area contributed by atoms with E-state index in [1.165, 1.54) is 0 Å². The predicted octanol–water partition coefficient (Wildman–Crippen LogP) is 2.68. The number of carboxylic acids is 1. The molecule has 0 spiro atoms. The van der Waals surface area contributed by atoms with Crippen molar-refractivity contribution in [2.24, 2.45) is 11.8 Å². The van der Waals surface area contributed by atoms with E-state index >= 15 is 0 Å². The smallest absolute Gasteiger partial charge is 0.307 e. The molecule has 0 saturated carbocycles. The molecule has 0 rings (SSSR count). The first kappa shape index (κ1) is 15.2. The van der Waals surface area contributed by atoms with Gasteiger partial charge in [0.2, 0.25) is 0 Å². The Morgan fingerprint density at radius 2 is 2.06 bits per heavy atom. The molecule has 0 radical (unpaired) electrons. The second-order valence-corrected chi connectivity index (χ2v) is 4.84. The standard InChI is InChI=1S/C13H25NO2/c1-5-6-7-11(4)14-9-12(13(15)16)8-10(2)3/h5,10-12,14H,1,6-9H2,2-4H3,(H,15,16). The first-order chi connectivity index (χ1) is 7.47. The van der Waals surface area contributed by atoms with Crippen LogP contribution in [0.25, 0.3) is 0 Å². The average Bonchev–Trinajstić information content (AvgIpc) is 2.20. The van der Waals surface area contributed by atoms with Crippen molar-refractivity contribution in [3.8, 4) is 0 Å². The second-order valence-electron chi connectivity index (χ2n) is 4.84. The Kier molecular flexibility index (Phi) is 7.90. The van der Waals surface area contributed by atoms with Crippen LogP contribution < -0.4 is 5.32 Å². The lowest BCUT2D eigenvalue weighted by atomic mass is 9.97. The number of aliphatic carboxylic acids is 1. The van der Waals surface area contributed by atoms with Crippen LogP contribution in [0.1, 0.15) is 40.0 Å². The number of rotatable bonds is 9. The van der Waals surface area contributed by atoms with E-state index in [-0.39, 0.29) is 5.92 Å². The van der Waals surface area contributed by atoms with Crippen molar-refractivity contribution < 1.29 is 9.90 Å². The van der Waals surface area contributed by atoms with E-state index in [1.807, 2.05) is 6.08 Å². The van der Waals surface area contributed by atoms with Crippen molar-refractivity contribution in [2.75, 3.05) is 6.54 Å². The van der Waals surface area contributed by atoms with Crippen molar-refractivity contribution in [3.63, 3.8) is 0 Å². The number of nitrogens with one attached hydrogen (secondary N) is 1. The van der Waals surface area contributed by atoms with Gasteiger partial charge < -0.3 is 10.4 Å². The Morgan fingerprint density at radius 1 is 1.44 bits per heavy atom. The maximum absolute atomic E-state index is 11.0. The minimum atomic E-state index is -0.697. The molecular formula is C13H25NO2. The molecule has 3 heteroatoms. The Bertz CT molecular complexity index is 214. The number of hydrogen-bond acceptors (Lipinski definition) is 2. The fraction of sp³-hybridized carbons (Fsp3) is 0.769. The third-order valence-corrected chi connectivity index (χ3v) is 2.62. The van der Waals surface area contributed by atoms with Gasteiger partial charge >= 0.3 is 5.97 Å². The lowest BCUT2D eigenvalue weighted by Gasteiger charge is -2.18. The lowest BCUT2D eigenvalue weighted by molar-refractivity contribution is -0.142. The highest BCUT2D eigenvalue weighted by molar-refractivity contribution is 5.70. The fourth-order valence-corrected chi connectivity index (χ4v) is 1.65. The summed E-state index contributed by atoms with van der Waals surface area (Å²) in [6, 6.07) is 0.354. The molecule has 0 saturated heterocycles. The molecule has 0 aliphatic carbocycles. The van der Waals surface area contributed by atoms with Crippen LogP contribution in [0.15, 0.2) is 12.7 Å². The van der Waals surface area contributed by atoms with Gasteiger partial charge in [-0.3, -0.25) is 4.79 Å². The van der Waals surface area contributed by atoms with E-state index in [9.17, 15) is 4.79 Å². The Hall–Kier alpha value is -0.830. The van der Waals surface area contributed by atoms with Crippen LogP contribution in [-0.2, 0) is 4.79 Å². The molecule has 0 amide bonds. The van der Waals surface area contributed by atoms with Crippen LogP contribution in [-0.4, -0.2) is 23.7 Å². The quantitative estimate of drug-likeness (QED) is 0.595. The molecule has 2 N–H and O–H groups in total. The maximum atomic E-state index is 11.0. The molecule has 16 heavy (non-hydrogen) atoms. The van der Waals surface area contributed by atoms with E-state index in [1.54, 1.807) is 0 Å². The van der Waals surface area contributed by atoms with E-state index in [2.05, 4.69) is 32.7 Å². The third-order valence-electron chi connectivity index (χ3n) is 2.62. The summed E-state index contributed by atoms with van der Waals surface area (Å²) in [7, 11) is 0. The van der Waals surface area contributed by atoms with E-state index < -0.39 is 5.97 Å². The van der Waals surface area contributed by atoms with Crippen LogP contribution in [0.3, 0.4) is 0 Å². The Labute approximate surface area is 98.9 Å². The molecule has 0 bridgehead atoms.